The van der Waals surface area contributed by atoms with Gasteiger partial charge in [0, 0.05) is 24.3 Å². The van der Waals surface area contributed by atoms with Gasteiger partial charge in [0.05, 0.1) is 29.9 Å². The fourth-order valence-corrected chi connectivity index (χ4v) is 5.03. The first-order valence-electron chi connectivity index (χ1n) is 11.8. The Morgan fingerprint density at radius 3 is 2.53 bits per heavy atom. The van der Waals surface area contributed by atoms with Crippen LogP contribution in [-0.2, 0) is 27.1 Å². The van der Waals surface area contributed by atoms with E-state index in [0.29, 0.717) is 26.7 Å². The number of hydrogen-bond donors (Lipinski definition) is 0. The molecule has 2 aromatic carbocycles. The van der Waals surface area contributed by atoms with Crippen molar-refractivity contribution < 1.29 is 23.1 Å². The van der Waals surface area contributed by atoms with Crippen LogP contribution in [0.5, 0.6) is 0 Å². The minimum absolute atomic E-state index is 0.105. The van der Waals surface area contributed by atoms with E-state index in [2.05, 4.69) is 20.1 Å². The van der Waals surface area contributed by atoms with Crippen LogP contribution >= 0.6 is 11.3 Å². The zero-order valence-corrected chi connectivity index (χ0v) is 21.2. The number of morpholine rings is 1. The number of hydrogen-bond acceptors (Lipinski definition) is 9. The highest BCUT2D eigenvalue weighted by Crippen LogP contribution is 2.34. The summed E-state index contributed by atoms with van der Waals surface area (Å²) in [6.45, 7) is 8.52. The molecule has 10 heteroatoms. The van der Waals surface area contributed by atoms with Crippen LogP contribution in [0, 0.1) is 5.82 Å². The van der Waals surface area contributed by atoms with E-state index in [1.54, 1.807) is 26.8 Å². The standard InChI is InChI=1S/C26H27FN4O4S/c1-26(2,3)35-23(32)15-21-30-29-20(34-21)14-22-28-19-9-8-18(24(27)25(19)36-22)16-4-6-17(7-5-16)31-10-12-33-13-11-31/h4-9H,10-15H2,1-3H3. The lowest BCUT2D eigenvalue weighted by Crippen LogP contribution is -2.36. The van der Waals surface area contributed by atoms with Gasteiger partial charge in [-0.1, -0.05) is 12.1 Å². The number of thiazole rings is 1. The molecule has 1 saturated heterocycles. The second-order valence-corrected chi connectivity index (χ2v) is 10.6. The molecule has 0 unspecified atom stereocenters. The SMILES string of the molecule is CC(C)(C)OC(=O)Cc1nnc(Cc2nc3ccc(-c4ccc(N5CCOCC5)cc4)c(F)c3s2)o1. The van der Waals surface area contributed by atoms with Crippen LogP contribution in [0.4, 0.5) is 10.1 Å². The van der Waals surface area contributed by atoms with Gasteiger partial charge in [-0.2, -0.15) is 0 Å². The van der Waals surface area contributed by atoms with Crippen LogP contribution in [0.1, 0.15) is 37.6 Å². The molecular weight excluding hydrogens is 483 g/mol. The third-order valence-corrected chi connectivity index (χ3v) is 6.69. The maximum atomic E-state index is 15.5. The smallest absolute Gasteiger partial charge is 0.315 e. The summed E-state index contributed by atoms with van der Waals surface area (Å²) < 4.78 is 32.3. The Balaban J connectivity index is 1.30. The fraction of sp³-hybridized carbons (Fsp3) is 0.385. The third kappa shape index (κ3) is 5.55. The number of rotatable bonds is 6. The van der Waals surface area contributed by atoms with Crippen molar-refractivity contribution in [3.63, 3.8) is 0 Å². The molecule has 8 nitrogen and oxygen atoms in total. The van der Waals surface area contributed by atoms with Gasteiger partial charge in [-0.3, -0.25) is 4.79 Å². The van der Waals surface area contributed by atoms with Crippen molar-refractivity contribution in [2.45, 2.75) is 39.2 Å². The quantitative estimate of drug-likeness (QED) is 0.342. The average Bonchev–Trinajstić information content (AvgIpc) is 3.46. The van der Waals surface area contributed by atoms with Crippen LogP contribution in [-0.4, -0.2) is 53.1 Å². The molecule has 5 rings (SSSR count). The Hall–Kier alpha value is -3.37. The van der Waals surface area contributed by atoms with Crippen molar-refractivity contribution in [3.05, 3.63) is 59.0 Å². The molecule has 0 N–H and O–H groups in total. The normalized spacial score (nSPS) is 14.4. The molecule has 1 fully saturated rings. The molecule has 0 aliphatic carbocycles. The number of aromatic nitrogens is 3. The monoisotopic (exact) mass is 510 g/mol. The van der Waals surface area contributed by atoms with Crippen molar-refractivity contribution in [2.75, 3.05) is 31.2 Å². The Morgan fingerprint density at radius 1 is 1.08 bits per heavy atom. The van der Waals surface area contributed by atoms with Crippen LogP contribution < -0.4 is 4.90 Å². The Morgan fingerprint density at radius 2 is 1.81 bits per heavy atom. The summed E-state index contributed by atoms with van der Waals surface area (Å²) in [5.41, 5.74) is 2.44. The molecule has 0 radical (unpaired) electrons. The van der Waals surface area contributed by atoms with E-state index in [1.807, 2.05) is 30.3 Å². The molecular formula is C26H27FN4O4S. The zero-order chi connectivity index (χ0) is 25.3. The molecule has 0 bridgehead atoms. The van der Waals surface area contributed by atoms with Gasteiger partial charge >= 0.3 is 5.97 Å². The number of anilines is 1. The topological polar surface area (TPSA) is 90.6 Å². The zero-order valence-electron chi connectivity index (χ0n) is 20.4. The molecule has 0 saturated carbocycles. The summed E-state index contributed by atoms with van der Waals surface area (Å²) >= 11 is 1.26. The summed E-state index contributed by atoms with van der Waals surface area (Å²) in [4.78, 5) is 18.8. The minimum Gasteiger partial charge on any atom is -0.460 e. The molecule has 3 heterocycles. The molecule has 1 aliphatic heterocycles. The summed E-state index contributed by atoms with van der Waals surface area (Å²) in [6.07, 6.45) is 0.149. The number of ether oxygens (including phenoxy) is 2. The average molecular weight is 511 g/mol. The van der Waals surface area contributed by atoms with Gasteiger partial charge in [0.2, 0.25) is 11.8 Å². The van der Waals surface area contributed by atoms with Gasteiger partial charge in [0.1, 0.15) is 22.8 Å². The first-order chi connectivity index (χ1) is 17.2. The first-order valence-corrected chi connectivity index (χ1v) is 12.6. The largest absolute Gasteiger partial charge is 0.460 e. The predicted octanol–water partition coefficient (Wildman–Crippen LogP) is 4.80. The fourth-order valence-electron chi connectivity index (χ4n) is 4.04. The van der Waals surface area contributed by atoms with E-state index >= 15 is 4.39 Å². The Labute approximate surface area is 212 Å². The van der Waals surface area contributed by atoms with Gasteiger partial charge in [0.15, 0.2) is 0 Å². The molecule has 0 spiro atoms. The molecule has 0 atom stereocenters. The van der Waals surface area contributed by atoms with Crippen LogP contribution in [0.15, 0.2) is 40.8 Å². The summed E-state index contributed by atoms with van der Waals surface area (Å²) in [5.74, 6) is -0.252. The van der Waals surface area contributed by atoms with Gasteiger partial charge < -0.3 is 18.8 Å². The highest BCUT2D eigenvalue weighted by Gasteiger charge is 2.20. The molecule has 4 aromatic rings. The summed E-state index contributed by atoms with van der Waals surface area (Å²) in [5, 5.41) is 8.57. The van der Waals surface area contributed by atoms with Crippen LogP contribution in [0.2, 0.25) is 0 Å². The van der Waals surface area contributed by atoms with Crippen molar-refractivity contribution >= 4 is 33.2 Å². The second kappa shape index (κ2) is 9.94. The highest BCUT2D eigenvalue weighted by atomic mass is 32.1. The molecule has 0 amide bonds. The van der Waals surface area contributed by atoms with Gasteiger partial charge in [-0.25, -0.2) is 9.37 Å². The number of halogens is 1. The van der Waals surface area contributed by atoms with E-state index < -0.39 is 11.6 Å². The number of nitrogens with zero attached hydrogens (tertiary/aromatic N) is 4. The van der Waals surface area contributed by atoms with Crippen LogP contribution in [0.3, 0.4) is 0 Å². The third-order valence-electron chi connectivity index (χ3n) is 5.62. The number of carbonyl (C=O) groups is 1. The summed E-state index contributed by atoms with van der Waals surface area (Å²) in [7, 11) is 0. The van der Waals surface area contributed by atoms with Gasteiger partial charge in [-0.05, 0) is 50.6 Å². The number of fused-ring (bicyclic) bond motifs is 1. The maximum absolute atomic E-state index is 15.5. The van der Waals surface area contributed by atoms with Crippen molar-refractivity contribution in [2.24, 2.45) is 0 Å². The van der Waals surface area contributed by atoms with E-state index in [9.17, 15) is 4.79 Å². The molecule has 1 aliphatic rings. The Bertz CT molecular complexity index is 1370. The van der Waals surface area contributed by atoms with Gasteiger partial charge in [-0.15, -0.1) is 21.5 Å². The number of esters is 1. The molecule has 188 valence electrons. The summed E-state index contributed by atoms with van der Waals surface area (Å²) in [6, 6.07) is 11.5. The maximum Gasteiger partial charge on any atom is 0.315 e. The van der Waals surface area contributed by atoms with E-state index in [-0.39, 0.29) is 24.5 Å². The lowest BCUT2D eigenvalue weighted by molar-refractivity contribution is -0.154. The molecule has 36 heavy (non-hydrogen) atoms. The van der Waals surface area contributed by atoms with E-state index in [0.717, 1.165) is 37.6 Å². The minimum atomic E-state index is -0.589. The number of carbonyl (C=O) groups excluding carboxylic acids is 1. The first kappa shape index (κ1) is 24.3. The number of benzene rings is 2. The van der Waals surface area contributed by atoms with Crippen molar-refractivity contribution in [1.82, 2.24) is 15.2 Å². The van der Waals surface area contributed by atoms with Gasteiger partial charge in [0.25, 0.3) is 0 Å². The predicted molar refractivity (Wildman–Crippen MR) is 135 cm³/mol. The van der Waals surface area contributed by atoms with Crippen LogP contribution in [0.25, 0.3) is 21.3 Å². The lowest BCUT2D eigenvalue weighted by Gasteiger charge is -2.28. The van der Waals surface area contributed by atoms with E-state index in [1.165, 1.54) is 11.3 Å². The van der Waals surface area contributed by atoms with E-state index in [4.69, 9.17) is 13.9 Å². The lowest BCUT2D eigenvalue weighted by atomic mass is 10.0. The molecule has 2 aromatic heterocycles. The highest BCUT2D eigenvalue weighted by molar-refractivity contribution is 7.18. The second-order valence-electron chi connectivity index (χ2n) is 9.56. The Kier molecular flexibility index (Phi) is 6.72. The van der Waals surface area contributed by atoms with Crippen molar-refractivity contribution in [1.29, 1.82) is 0 Å². The van der Waals surface area contributed by atoms with Crippen molar-refractivity contribution in [3.8, 4) is 11.1 Å².